The Morgan fingerprint density at radius 3 is 2.59 bits per heavy atom. The molecule has 27 heavy (non-hydrogen) atoms. The minimum atomic E-state index is 0. The van der Waals surface area contributed by atoms with Crippen LogP contribution in [-0.4, -0.2) is 65.7 Å². The molecule has 1 aliphatic heterocycles. The second-order valence-electron chi connectivity index (χ2n) is 6.24. The van der Waals surface area contributed by atoms with Crippen LogP contribution in [0.2, 0.25) is 0 Å². The summed E-state index contributed by atoms with van der Waals surface area (Å²) in [4.78, 5) is 13.3. The van der Waals surface area contributed by atoms with Gasteiger partial charge in [0.25, 0.3) is 0 Å². The van der Waals surface area contributed by atoms with Gasteiger partial charge in [-0.05, 0) is 12.5 Å². The molecule has 146 valence electrons. The highest BCUT2D eigenvalue weighted by Gasteiger charge is 2.19. The van der Waals surface area contributed by atoms with Crippen LogP contribution < -0.4 is 5.32 Å². The molecule has 0 amide bonds. The second kappa shape index (κ2) is 11.0. The van der Waals surface area contributed by atoms with Gasteiger partial charge in [0.05, 0.1) is 6.54 Å². The number of piperazine rings is 1. The van der Waals surface area contributed by atoms with E-state index >= 15 is 0 Å². The number of aliphatic imine (C=N–C) groups is 1. The van der Waals surface area contributed by atoms with Crippen molar-refractivity contribution in [1.29, 1.82) is 0 Å². The van der Waals surface area contributed by atoms with E-state index in [1.54, 1.807) is 7.05 Å². The highest BCUT2D eigenvalue weighted by molar-refractivity contribution is 14.0. The molecule has 0 radical (unpaired) electrons. The number of nitrogens with one attached hydrogen (secondary N) is 1. The third-order valence-electron chi connectivity index (χ3n) is 4.32. The highest BCUT2D eigenvalue weighted by Crippen LogP contribution is 2.05. The molecule has 2 aromatic rings. The summed E-state index contributed by atoms with van der Waals surface area (Å²) in [6, 6.07) is 10.4. The van der Waals surface area contributed by atoms with Crippen molar-refractivity contribution in [3.05, 3.63) is 53.7 Å². The van der Waals surface area contributed by atoms with Crippen LogP contribution in [-0.2, 0) is 6.54 Å². The molecule has 2 heterocycles. The maximum Gasteiger partial charge on any atom is 0.246 e. The summed E-state index contributed by atoms with van der Waals surface area (Å²) in [6.07, 6.45) is 4.41. The predicted octanol–water partition coefficient (Wildman–Crippen LogP) is 2.40. The number of guanidine groups is 1. The number of aryl methyl sites for hydroxylation is 1. The van der Waals surface area contributed by atoms with E-state index in [9.17, 15) is 0 Å². The van der Waals surface area contributed by atoms with Crippen molar-refractivity contribution in [3.63, 3.8) is 0 Å². The van der Waals surface area contributed by atoms with E-state index in [4.69, 9.17) is 4.52 Å². The lowest BCUT2D eigenvalue weighted by Gasteiger charge is -2.35. The molecule has 1 aromatic carbocycles. The molecular formula is C19H27IN6O. The van der Waals surface area contributed by atoms with Crippen molar-refractivity contribution in [2.75, 3.05) is 39.8 Å². The number of aromatic nitrogens is 2. The van der Waals surface area contributed by atoms with Crippen LogP contribution in [0.4, 0.5) is 0 Å². The van der Waals surface area contributed by atoms with Gasteiger partial charge >= 0.3 is 0 Å². The Balaban J connectivity index is 0.00000261. The summed E-state index contributed by atoms with van der Waals surface area (Å²) in [5.74, 6) is 2.10. The summed E-state index contributed by atoms with van der Waals surface area (Å²) in [5.41, 5.74) is 1.24. The van der Waals surface area contributed by atoms with Crippen LogP contribution in [0.1, 0.15) is 17.3 Å². The number of nitrogens with zero attached hydrogens (tertiary/aromatic N) is 5. The van der Waals surface area contributed by atoms with E-state index in [2.05, 4.69) is 66.7 Å². The lowest BCUT2D eigenvalue weighted by Crippen LogP contribution is -2.52. The van der Waals surface area contributed by atoms with E-state index in [0.717, 1.165) is 38.7 Å². The molecule has 3 rings (SSSR count). The van der Waals surface area contributed by atoms with Gasteiger partial charge in [0.2, 0.25) is 5.89 Å². The van der Waals surface area contributed by atoms with Gasteiger partial charge in [-0.3, -0.25) is 9.89 Å². The zero-order chi connectivity index (χ0) is 18.2. The van der Waals surface area contributed by atoms with Gasteiger partial charge in [0.15, 0.2) is 11.8 Å². The minimum Gasteiger partial charge on any atom is -0.347 e. The smallest absolute Gasteiger partial charge is 0.246 e. The fraction of sp³-hybridized carbons (Fsp3) is 0.421. The molecule has 7 nitrogen and oxygen atoms in total. The highest BCUT2D eigenvalue weighted by atomic mass is 127. The fourth-order valence-corrected chi connectivity index (χ4v) is 2.94. The van der Waals surface area contributed by atoms with E-state index < -0.39 is 0 Å². The molecule has 1 aliphatic rings. The Kier molecular flexibility index (Phi) is 8.73. The maximum absolute atomic E-state index is 5.13. The van der Waals surface area contributed by atoms with Gasteiger partial charge in [-0.2, -0.15) is 4.98 Å². The number of hydrogen-bond acceptors (Lipinski definition) is 5. The molecule has 0 bridgehead atoms. The topological polar surface area (TPSA) is 69.8 Å². The van der Waals surface area contributed by atoms with Crippen LogP contribution >= 0.6 is 24.0 Å². The molecule has 1 saturated heterocycles. The van der Waals surface area contributed by atoms with Gasteiger partial charge in [0, 0.05) is 39.8 Å². The third kappa shape index (κ3) is 6.62. The van der Waals surface area contributed by atoms with Crippen LogP contribution in [0.3, 0.4) is 0 Å². The molecule has 0 unspecified atom stereocenters. The molecule has 1 aromatic heterocycles. The number of benzene rings is 1. The monoisotopic (exact) mass is 482 g/mol. The maximum atomic E-state index is 5.13. The van der Waals surface area contributed by atoms with Gasteiger partial charge < -0.3 is 14.7 Å². The first-order chi connectivity index (χ1) is 12.7. The first kappa shape index (κ1) is 21.4. The molecular weight excluding hydrogens is 455 g/mol. The third-order valence-corrected chi connectivity index (χ3v) is 4.32. The quantitative estimate of drug-likeness (QED) is 0.401. The van der Waals surface area contributed by atoms with Crippen LogP contribution in [0.25, 0.3) is 6.08 Å². The Morgan fingerprint density at radius 1 is 1.22 bits per heavy atom. The van der Waals surface area contributed by atoms with Gasteiger partial charge in [-0.1, -0.05) is 47.6 Å². The van der Waals surface area contributed by atoms with Crippen molar-refractivity contribution < 1.29 is 4.52 Å². The molecule has 8 heteroatoms. The average Bonchev–Trinajstić information content (AvgIpc) is 3.09. The predicted molar refractivity (Wildman–Crippen MR) is 118 cm³/mol. The zero-order valence-corrected chi connectivity index (χ0v) is 18.2. The molecule has 1 N–H and O–H groups in total. The summed E-state index contributed by atoms with van der Waals surface area (Å²) in [7, 11) is 1.80. The summed E-state index contributed by atoms with van der Waals surface area (Å²) >= 11 is 0. The lowest BCUT2D eigenvalue weighted by atomic mass is 10.2. The average molecular weight is 482 g/mol. The molecule has 0 saturated carbocycles. The van der Waals surface area contributed by atoms with Crippen LogP contribution in [0, 0.1) is 6.92 Å². The second-order valence-corrected chi connectivity index (χ2v) is 6.24. The first-order valence-electron chi connectivity index (χ1n) is 8.93. The van der Waals surface area contributed by atoms with Crippen molar-refractivity contribution in [2.24, 2.45) is 4.99 Å². The Morgan fingerprint density at radius 2 is 1.96 bits per heavy atom. The van der Waals surface area contributed by atoms with Gasteiger partial charge in [0.1, 0.15) is 0 Å². The molecule has 0 spiro atoms. The summed E-state index contributed by atoms with van der Waals surface area (Å²) in [5, 5.41) is 7.10. The lowest BCUT2D eigenvalue weighted by molar-refractivity contribution is 0.194. The Hall–Kier alpha value is -1.94. The molecule has 1 fully saturated rings. The van der Waals surface area contributed by atoms with E-state index in [1.807, 2.05) is 13.0 Å². The molecule has 0 atom stereocenters. The van der Waals surface area contributed by atoms with E-state index in [-0.39, 0.29) is 24.0 Å². The zero-order valence-electron chi connectivity index (χ0n) is 15.8. The van der Waals surface area contributed by atoms with Gasteiger partial charge in [-0.25, -0.2) is 0 Å². The fourth-order valence-electron chi connectivity index (χ4n) is 2.94. The van der Waals surface area contributed by atoms with E-state index in [1.165, 1.54) is 5.56 Å². The summed E-state index contributed by atoms with van der Waals surface area (Å²) < 4.78 is 5.13. The van der Waals surface area contributed by atoms with Crippen LogP contribution in [0.15, 0.2) is 45.9 Å². The minimum absolute atomic E-state index is 0. The normalized spacial score (nSPS) is 15.8. The SMILES string of the molecule is CN=C(NCc1nc(C)no1)N1CCN(CC=Cc2ccccc2)CC1.I. The van der Waals surface area contributed by atoms with Gasteiger partial charge in [-0.15, -0.1) is 24.0 Å². The molecule has 0 aliphatic carbocycles. The van der Waals surface area contributed by atoms with Crippen molar-refractivity contribution >= 4 is 36.0 Å². The van der Waals surface area contributed by atoms with E-state index in [0.29, 0.717) is 18.3 Å². The van der Waals surface area contributed by atoms with Crippen molar-refractivity contribution in [1.82, 2.24) is 25.3 Å². The largest absolute Gasteiger partial charge is 0.347 e. The van der Waals surface area contributed by atoms with Crippen LogP contribution in [0.5, 0.6) is 0 Å². The summed E-state index contributed by atoms with van der Waals surface area (Å²) in [6.45, 7) is 7.19. The number of rotatable bonds is 5. The van der Waals surface area contributed by atoms with Crippen molar-refractivity contribution in [2.45, 2.75) is 13.5 Å². The number of halogens is 1. The first-order valence-corrected chi connectivity index (χ1v) is 8.93. The Bertz CT molecular complexity index is 738. The standard InChI is InChI=1S/C19H26N6O.HI/c1-16-22-18(26-23-16)15-21-19(20-2)25-13-11-24(12-14-25)10-6-9-17-7-4-3-5-8-17;/h3-9H,10-15H2,1-2H3,(H,20,21);1H. The van der Waals surface area contributed by atoms with Crippen molar-refractivity contribution in [3.8, 4) is 0 Å². The number of hydrogen-bond donors (Lipinski definition) is 1. The Labute approximate surface area is 177 Å².